The molecule has 0 spiro atoms. The lowest BCUT2D eigenvalue weighted by Crippen LogP contribution is -2.46. The van der Waals surface area contributed by atoms with Crippen LogP contribution in [-0.4, -0.2) is 78.6 Å². The molecular weight excluding hydrogens is 399 g/mol. The number of alkyl halides is 3. The Balaban J connectivity index is 2.55. The number of hydrogen-bond acceptors (Lipinski definition) is 8. The van der Waals surface area contributed by atoms with E-state index >= 15 is 0 Å². The predicted molar refractivity (Wildman–Crippen MR) is 101 cm³/mol. The zero-order valence-corrected chi connectivity index (χ0v) is 17.2. The van der Waals surface area contributed by atoms with E-state index in [1.54, 1.807) is 7.11 Å². The van der Waals surface area contributed by atoms with Gasteiger partial charge in [-0.3, -0.25) is 0 Å². The van der Waals surface area contributed by atoms with Crippen molar-refractivity contribution in [3.63, 3.8) is 0 Å². The third-order valence-corrected chi connectivity index (χ3v) is 4.43. The Labute approximate surface area is 162 Å². The SMILES string of the molecule is COC1N=C(OCCC(Cl)OC(Cl)CCCl)N=C(N(C)C)N1SC. The van der Waals surface area contributed by atoms with E-state index in [1.165, 1.54) is 11.9 Å². The second-order valence-corrected chi connectivity index (χ2v) is 6.97. The predicted octanol–water partition coefficient (Wildman–Crippen LogP) is 2.97. The van der Waals surface area contributed by atoms with Crippen LogP contribution in [0.3, 0.4) is 0 Å². The molecule has 0 aromatic heterocycles. The summed E-state index contributed by atoms with van der Waals surface area (Å²) >= 11 is 19.0. The third kappa shape index (κ3) is 7.01. The number of halogens is 3. The summed E-state index contributed by atoms with van der Waals surface area (Å²) in [5, 5.41) is 0. The van der Waals surface area contributed by atoms with Gasteiger partial charge in [0.1, 0.15) is 11.1 Å². The quantitative estimate of drug-likeness (QED) is 0.421. The van der Waals surface area contributed by atoms with Crippen LogP contribution in [0.4, 0.5) is 0 Å². The molecule has 0 aromatic rings. The zero-order valence-electron chi connectivity index (χ0n) is 14.1. The van der Waals surface area contributed by atoms with Gasteiger partial charge in [0.15, 0.2) is 0 Å². The van der Waals surface area contributed by atoms with Gasteiger partial charge in [-0.15, -0.1) is 11.6 Å². The third-order valence-electron chi connectivity index (χ3n) is 2.83. The van der Waals surface area contributed by atoms with E-state index in [0.29, 0.717) is 24.7 Å². The standard InChI is InChI=1S/C13H23Cl3N4O3S/c1-19(2)12-17-11(18-13(21-3)20(12)24-4)22-8-6-10(16)23-9(15)5-7-14/h9-10,13H,5-8H2,1-4H3. The highest BCUT2D eigenvalue weighted by atomic mass is 35.5. The van der Waals surface area contributed by atoms with Gasteiger partial charge in [0.05, 0.1) is 6.61 Å². The number of amidine groups is 1. The minimum Gasteiger partial charge on any atom is -0.463 e. The highest BCUT2D eigenvalue weighted by Crippen LogP contribution is 2.20. The molecule has 1 aliphatic rings. The van der Waals surface area contributed by atoms with Crippen molar-refractivity contribution in [3.05, 3.63) is 0 Å². The second kappa shape index (κ2) is 11.5. The van der Waals surface area contributed by atoms with Crippen LogP contribution in [0.1, 0.15) is 12.8 Å². The van der Waals surface area contributed by atoms with Crippen LogP contribution in [0.5, 0.6) is 0 Å². The summed E-state index contributed by atoms with van der Waals surface area (Å²) in [6, 6.07) is 0.239. The zero-order chi connectivity index (χ0) is 18.1. The molecule has 11 heteroatoms. The van der Waals surface area contributed by atoms with E-state index in [2.05, 4.69) is 9.98 Å². The van der Waals surface area contributed by atoms with Crippen LogP contribution >= 0.6 is 46.8 Å². The van der Waals surface area contributed by atoms with E-state index in [1.807, 2.05) is 29.6 Å². The van der Waals surface area contributed by atoms with Crippen molar-refractivity contribution in [2.75, 3.05) is 39.9 Å². The molecule has 1 aliphatic heterocycles. The summed E-state index contributed by atoms with van der Waals surface area (Å²) in [6.45, 7) is 0.289. The molecule has 0 N–H and O–H groups in total. The van der Waals surface area contributed by atoms with Crippen molar-refractivity contribution in [1.29, 1.82) is 0 Å². The van der Waals surface area contributed by atoms with Gasteiger partial charge in [0, 0.05) is 46.2 Å². The van der Waals surface area contributed by atoms with Crippen LogP contribution in [0.15, 0.2) is 9.98 Å². The molecule has 7 nitrogen and oxygen atoms in total. The Morgan fingerprint density at radius 3 is 2.50 bits per heavy atom. The molecule has 140 valence electrons. The van der Waals surface area contributed by atoms with Crippen molar-refractivity contribution in [1.82, 2.24) is 9.21 Å². The molecule has 0 saturated heterocycles. The van der Waals surface area contributed by atoms with Crippen molar-refractivity contribution in [2.45, 2.75) is 30.3 Å². The van der Waals surface area contributed by atoms with E-state index in [0.717, 1.165) is 0 Å². The van der Waals surface area contributed by atoms with Gasteiger partial charge in [0.25, 0.3) is 0 Å². The van der Waals surface area contributed by atoms with E-state index < -0.39 is 17.5 Å². The lowest BCUT2D eigenvalue weighted by atomic mass is 10.4. The van der Waals surface area contributed by atoms with E-state index in [9.17, 15) is 0 Å². The highest BCUT2D eigenvalue weighted by molar-refractivity contribution is 7.96. The average molecular weight is 422 g/mol. The summed E-state index contributed by atoms with van der Waals surface area (Å²) < 4.78 is 18.1. The van der Waals surface area contributed by atoms with Crippen molar-refractivity contribution in [2.24, 2.45) is 9.98 Å². The Morgan fingerprint density at radius 1 is 1.29 bits per heavy atom. The smallest absolute Gasteiger partial charge is 0.319 e. The van der Waals surface area contributed by atoms with Crippen molar-refractivity contribution < 1.29 is 14.2 Å². The lowest BCUT2D eigenvalue weighted by molar-refractivity contribution is 0.0458. The van der Waals surface area contributed by atoms with E-state index in [4.69, 9.17) is 49.0 Å². The minimum absolute atomic E-state index is 0.239. The average Bonchev–Trinajstić information content (AvgIpc) is 2.53. The molecule has 3 atom stereocenters. The van der Waals surface area contributed by atoms with Crippen LogP contribution in [0.2, 0.25) is 0 Å². The maximum atomic E-state index is 6.06. The monoisotopic (exact) mass is 420 g/mol. The summed E-state index contributed by atoms with van der Waals surface area (Å²) in [6.07, 6.45) is 2.37. The Hall–Kier alpha value is -0.120. The molecule has 0 aliphatic carbocycles. The summed E-state index contributed by atoms with van der Waals surface area (Å²) in [7, 11) is 5.35. The van der Waals surface area contributed by atoms with Crippen molar-refractivity contribution >= 4 is 58.7 Å². The number of hydrogen-bond donors (Lipinski definition) is 0. The molecule has 1 rings (SSSR count). The largest absolute Gasteiger partial charge is 0.463 e. The number of methoxy groups -OCH3 is 1. The van der Waals surface area contributed by atoms with Gasteiger partial charge in [-0.1, -0.05) is 23.2 Å². The Bertz CT molecular complexity index is 443. The second-order valence-electron chi connectivity index (χ2n) is 4.86. The van der Waals surface area contributed by atoms with Gasteiger partial charge < -0.3 is 19.1 Å². The summed E-state index contributed by atoms with van der Waals surface area (Å²) in [4.78, 5) is 10.6. The first-order valence-corrected chi connectivity index (χ1v) is 9.84. The van der Waals surface area contributed by atoms with Crippen LogP contribution in [-0.2, 0) is 14.2 Å². The fourth-order valence-corrected chi connectivity index (χ4v) is 3.21. The van der Waals surface area contributed by atoms with Crippen LogP contribution < -0.4 is 0 Å². The first kappa shape index (κ1) is 21.9. The molecule has 24 heavy (non-hydrogen) atoms. The first-order chi connectivity index (χ1) is 11.4. The van der Waals surface area contributed by atoms with Crippen LogP contribution in [0.25, 0.3) is 0 Å². The molecule has 0 radical (unpaired) electrons. The van der Waals surface area contributed by atoms with Gasteiger partial charge in [-0.05, 0) is 11.9 Å². The molecule has 0 aromatic carbocycles. The maximum absolute atomic E-state index is 6.06. The molecule has 0 fully saturated rings. The molecule has 0 saturated carbocycles. The van der Waals surface area contributed by atoms with Crippen LogP contribution in [0, 0.1) is 0 Å². The fourth-order valence-electron chi connectivity index (χ4n) is 1.72. The molecule has 0 amide bonds. The number of ether oxygens (including phenoxy) is 3. The van der Waals surface area contributed by atoms with E-state index in [-0.39, 0.29) is 12.6 Å². The summed E-state index contributed by atoms with van der Waals surface area (Å²) in [5.74, 6) is 1.10. The lowest BCUT2D eigenvalue weighted by Gasteiger charge is -2.33. The van der Waals surface area contributed by atoms with Gasteiger partial charge in [-0.2, -0.15) is 9.98 Å². The number of rotatable bonds is 9. The molecule has 1 heterocycles. The number of aliphatic imine (C=N–C) groups is 2. The van der Waals surface area contributed by atoms with Gasteiger partial charge in [-0.25, -0.2) is 4.31 Å². The number of guanidine groups is 1. The van der Waals surface area contributed by atoms with Gasteiger partial charge in [0.2, 0.25) is 12.3 Å². The summed E-state index contributed by atoms with van der Waals surface area (Å²) in [5.41, 5.74) is -1.08. The van der Waals surface area contributed by atoms with Gasteiger partial charge >= 0.3 is 6.02 Å². The minimum atomic E-state index is -0.571. The molecule has 3 unspecified atom stereocenters. The molecule has 0 bridgehead atoms. The molecular formula is C13H23Cl3N4O3S. The normalized spacial score (nSPS) is 20.3. The number of nitrogens with zero attached hydrogens (tertiary/aromatic N) is 4. The Kier molecular flexibility index (Phi) is 10.5. The maximum Gasteiger partial charge on any atom is 0.319 e. The topological polar surface area (TPSA) is 58.9 Å². The first-order valence-electron chi connectivity index (χ1n) is 7.25. The Morgan fingerprint density at radius 2 is 1.96 bits per heavy atom. The fraction of sp³-hybridized carbons (Fsp3) is 0.846. The highest BCUT2D eigenvalue weighted by Gasteiger charge is 2.28. The van der Waals surface area contributed by atoms with Crippen molar-refractivity contribution in [3.8, 4) is 0 Å².